The molecule has 5 rings (SSSR count). The van der Waals surface area contributed by atoms with Crippen molar-refractivity contribution in [2.75, 3.05) is 37.6 Å². The van der Waals surface area contributed by atoms with Crippen LogP contribution >= 0.6 is 0 Å². The van der Waals surface area contributed by atoms with E-state index < -0.39 is 11.8 Å². The molecule has 11 nitrogen and oxygen atoms in total. The number of carbonyl (C=O) groups is 3. The number of fused-ring (bicyclic) bond motifs is 1. The molecule has 3 amide bonds. The lowest BCUT2D eigenvalue weighted by Crippen LogP contribution is -2.52. The Morgan fingerprint density at radius 3 is 2.10 bits per heavy atom. The molecule has 2 aromatic heterocycles. The van der Waals surface area contributed by atoms with Gasteiger partial charge in [0.1, 0.15) is 19.2 Å². The van der Waals surface area contributed by atoms with Gasteiger partial charge in [0.25, 0.3) is 11.8 Å². The highest BCUT2D eigenvalue weighted by atomic mass is 16.2. The van der Waals surface area contributed by atoms with Crippen LogP contribution in [0.1, 0.15) is 20.7 Å². The molecular formula is C20H18N8O3. The maximum Gasteiger partial charge on any atom is 0.262 e. The van der Waals surface area contributed by atoms with Gasteiger partial charge in [-0.2, -0.15) is 5.10 Å². The van der Waals surface area contributed by atoms with Gasteiger partial charge in [-0.1, -0.05) is 12.1 Å². The predicted molar refractivity (Wildman–Crippen MR) is 108 cm³/mol. The first kappa shape index (κ1) is 18.9. The largest absolute Gasteiger partial charge is 0.352 e. The number of benzene rings is 1. The average molecular weight is 418 g/mol. The van der Waals surface area contributed by atoms with Crippen LogP contribution in [0.15, 0.2) is 49.1 Å². The number of carbonyl (C=O) groups excluding carboxylic acids is 3. The van der Waals surface area contributed by atoms with Crippen molar-refractivity contribution >= 4 is 23.5 Å². The molecule has 1 saturated heterocycles. The van der Waals surface area contributed by atoms with Crippen LogP contribution in [0.2, 0.25) is 0 Å². The third kappa shape index (κ3) is 3.39. The van der Waals surface area contributed by atoms with Crippen molar-refractivity contribution in [2.45, 2.75) is 0 Å². The van der Waals surface area contributed by atoms with Gasteiger partial charge in [0.05, 0.1) is 11.1 Å². The van der Waals surface area contributed by atoms with E-state index in [1.807, 2.05) is 11.0 Å². The van der Waals surface area contributed by atoms with Gasteiger partial charge in [-0.3, -0.25) is 19.3 Å². The van der Waals surface area contributed by atoms with Crippen molar-refractivity contribution in [1.82, 2.24) is 34.8 Å². The normalized spacial score (nSPS) is 16.1. The summed E-state index contributed by atoms with van der Waals surface area (Å²) in [6, 6.07) is 10.3. The van der Waals surface area contributed by atoms with Crippen LogP contribution in [-0.2, 0) is 4.79 Å². The maximum atomic E-state index is 12.7. The lowest BCUT2D eigenvalue weighted by atomic mass is 10.1. The lowest BCUT2D eigenvalue weighted by Gasteiger charge is -2.35. The zero-order valence-corrected chi connectivity index (χ0v) is 16.5. The van der Waals surface area contributed by atoms with Gasteiger partial charge in [-0.25, -0.2) is 9.67 Å². The molecule has 0 radical (unpaired) electrons. The summed E-state index contributed by atoms with van der Waals surface area (Å²) >= 11 is 0. The minimum atomic E-state index is -0.421. The minimum Gasteiger partial charge on any atom is -0.352 e. The van der Waals surface area contributed by atoms with E-state index in [1.54, 1.807) is 41.6 Å². The fraction of sp³-hybridized carbons (Fsp3) is 0.250. The Bertz CT molecular complexity index is 1100. The van der Waals surface area contributed by atoms with Gasteiger partial charge >= 0.3 is 0 Å². The van der Waals surface area contributed by atoms with Crippen molar-refractivity contribution in [2.24, 2.45) is 0 Å². The molecule has 0 atom stereocenters. The second-order valence-corrected chi connectivity index (χ2v) is 7.20. The summed E-state index contributed by atoms with van der Waals surface area (Å²) in [6.45, 7) is 1.83. The number of anilines is 1. The molecule has 156 valence electrons. The minimum absolute atomic E-state index is 0.248. The molecule has 0 spiro atoms. The number of hydrogen-bond acceptors (Lipinski definition) is 8. The fourth-order valence-electron chi connectivity index (χ4n) is 3.74. The van der Waals surface area contributed by atoms with Crippen molar-refractivity contribution in [3.63, 3.8) is 0 Å². The Hall–Kier alpha value is -4.15. The number of hydrogen-bond donors (Lipinski definition) is 0. The SMILES string of the molecule is O=C(CN1C(=O)c2ccccc2C1=O)N1CCN(c2ccc(-n3cncn3)nn2)CC1. The quantitative estimate of drug-likeness (QED) is 0.544. The van der Waals surface area contributed by atoms with E-state index in [9.17, 15) is 14.4 Å². The van der Waals surface area contributed by atoms with E-state index in [2.05, 4.69) is 20.3 Å². The number of amides is 3. The van der Waals surface area contributed by atoms with Crippen LogP contribution in [0, 0.1) is 0 Å². The van der Waals surface area contributed by atoms with E-state index in [0.29, 0.717) is 48.9 Å². The second-order valence-electron chi connectivity index (χ2n) is 7.20. The number of aromatic nitrogens is 5. The molecule has 0 bridgehead atoms. The number of nitrogens with zero attached hydrogens (tertiary/aromatic N) is 8. The molecule has 4 heterocycles. The summed E-state index contributed by atoms with van der Waals surface area (Å²) in [7, 11) is 0. The van der Waals surface area contributed by atoms with E-state index in [0.717, 1.165) is 4.90 Å². The molecule has 1 fully saturated rings. The average Bonchev–Trinajstić information content (AvgIpc) is 3.44. The molecular weight excluding hydrogens is 400 g/mol. The Kier molecular flexibility index (Phi) is 4.62. The van der Waals surface area contributed by atoms with Gasteiger partial charge in [-0.15, -0.1) is 10.2 Å². The smallest absolute Gasteiger partial charge is 0.262 e. The summed E-state index contributed by atoms with van der Waals surface area (Å²) in [6.07, 6.45) is 2.97. The summed E-state index contributed by atoms with van der Waals surface area (Å²) in [5.41, 5.74) is 0.691. The first-order valence-corrected chi connectivity index (χ1v) is 9.78. The predicted octanol–water partition coefficient (Wildman–Crippen LogP) is 0.00210. The van der Waals surface area contributed by atoms with Crippen molar-refractivity contribution in [1.29, 1.82) is 0 Å². The van der Waals surface area contributed by atoms with E-state index in [1.165, 1.54) is 11.0 Å². The van der Waals surface area contributed by atoms with Gasteiger partial charge in [0, 0.05) is 26.2 Å². The highest BCUT2D eigenvalue weighted by Gasteiger charge is 2.37. The topological polar surface area (TPSA) is 117 Å². The van der Waals surface area contributed by atoms with E-state index in [-0.39, 0.29) is 12.5 Å². The van der Waals surface area contributed by atoms with Crippen LogP contribution in [0.4, 0.5) is 5.82 Å². The highest BCUT2D eigenvalue weighted by Crippen LogP contribution is 2.22. The molecule has 3 aromatic rings. The van der Waals surface area contributed by atoms with Gasteiger partial charge in [0.2, 0.25) is 5.91 Å². The molecule has 2 aliphatic rings. The first-order valence-electron chi connectivity index (χ1n) is 9.78. The number of rotatable bonds is 4. The molecule has 1 aromatic carbocycles. The molecule has 11 heteroatoms. The first-order chi connectivity index (χ1) is 15.1. The zero-order chi connectivity index (χ0) is 21.4. The maximum absolute atomic E-state index is 12.7. The van der Waals surface area contributed by atoms with Crippen LogP contribution in [0.25, 0.3) is 5.82 Å². The van der Waals surface area contributed by atoms with E-state index >= 15 is 0 Å². The third-order valence-electron chi connectivity index (χ3n) is 5.42. The van der Waals surface area contributed by atoms with E-state index in [4.69, 9.17) is 0 Å². The molecule has 2 aliphatic heterocycles. The van der Waals surface area contributed by atoms with Gasteiger partial charge in [-0.05, 0) is 24.3 Å². The van der Waals surface area contributed by atoms with Crippen LogP contribution in [0.5, 0.6) is 0 Å². The van der Waals surface area contributed by atoms with Crippen molar-refractivity contribution < 1.29 is 14.4 Å². The van der Waals surface area contributed by atoms with Crippen molar-refractivity contribution in [3.8, 4) is 5.82 Å². The van der Waals surface area contributed by atoms with Gasteiger partial charge < -0.3 is 9.80 Å². The van der Waals surface area contributed by atoms with Crippen LogP contribution in [-0.4, -0.2) is 85.2 Å². The van der Waals surface area contributed by atoms with Crippen LogP contribution < -0.4 is 4.90 Å². The Morgan fingerprint density at radius 2 is 1.52 bits per heavy atom. The molecule has 31 heavy (non-hydrogen) atoms. The van der Waals surface area contributed by atoms with Crippen molar-refractivity contribution in [3.05, 3.63) is 60.2 Å². The fourth-order valence-corrected chi connectivity index (χ4v) is 3.74. The monoisotopic (exact) mass is 418 g/mol. The van der Waals surface area contributed by atoms with Gasteiger partial charge in [0.15, 0.2) is 11.6 Å². The number of imide groups is 1. The molecule has 0 unspecified atom stereocenters. The Morgan fingerprint density at radius 1 is 0.871 bits per heavy atom. The summed E-state index contributed by atoms with van der Waals surface area (Å²) in [5, 5.41) is 12.4. The Labute approximate surface area is 176 Å². The Balaban J connectivity index is 1.19. The summed E-state index contributed by atoms with van der Waals surface area (Å²) < 4.78 is 1.52. The lowest BCUT2D eigenvalue weighted by molar-refractivity contribution is -0.131. The molecule has 0 aliphatic carbocycles. The molecule has 0 N–H and O–H groups in total. The third-order valence-corrected chi connectivity index (χ3v) is 5.42. The standard InChI is InChI=1S/C20H18N8O3/c29-18(11-27-19(30)14-3-1-2-4-15(14)20(27)31)26-9-7-25(8-10-26)16-5-6-17(24-23-16)28-13-21-12-22-28/h1-6,12-13H,7-11H2. The summed E-state index contributed by atoms with van der Waals surface area (Å²) in [5.74, 6) is 0.180. The zero-order valence-electron chi connectivity index (χ0n) is 16.5. The molecule has 0 saturated carbocycles. The second kappa shape index (κ2) is 7.59. The highest BCUT2D eigenvalue weighted by molar-refractivity contribution is 6.22. The summed E-state index contributed by atoms with van der Waals surface area (Å²) in [4.78, 5) is 46.3. The van der Waals surface area contributed by atoms with Crippen LogP contribution in [0.3, 0.4) is 0 Å². The number of piperazine rings is 1.